The van der Waals surface area contributed by atoms with Crippen LogP contribution >= 0.6 is 0 Å². The van der Waals surface area contributed by atoms with Crippen LogP contribution in [0, 0.1) is 35.5 Å². The predicted octanol–water partition coefficient (Wildman–Crippen LogP) is 5.91. The van der Waals surface area contributed by atoms with Gasteiger partial charge >= 0.3 is 0 Å². The Labute approximate surface area is 115 Å². The highest BCUT2D eigenvalue weighted by molar-refractivity contribution is 4.86. The molecule has 106 valence electrons. The third kappa shape index (κ3) is 3.11. The van der Waals surface area contributed by atoms with Crippen LogP contribution in [0.2, 0.25) is 0 Å². The first-order chi connectivity index (χ1) is 8.65. The Hall–Kier alpha value is 0. The highest BCUT2D eigenvalue weighted by atomic mass is 14.4. The van der Waals surface area contributed by atoms with Gasteiger partial charge in [-0.1, -0.05) is 47.0 Å². The Morgan fingerprint density at radius 2 is 1.44 bits per heavy atom. The molecule has 0 radical (unpaired) electrons. The van der Waals surface area contributed by atoms with Crippen molar-refractivity contribution in [3.8, 4) is 0 Å². The van der Waals surface area contributed by atoms with Gasteiger partial charge < -0.3 is 0 Å². The molecule has 6 unspecified atom stereocenters. The molecule has 0 N–H and O–H groups in total. The molecule has 0 nitrogen and oxygen atoms in total. The molecule has 2 aliphatic rings. The van der Waals surface area contributed by atoms with E-state index in [4.69, 9.17) is 0 Å². The van der Waals surface area contributed by atoms with Crippen LogP contribution in [0.5, 0.6) is 0 Å². The average Bonchev–Trinajstić information content (AvgIpc) is 2.71. The molecular formula is C18H34. The van der Waals surface area contributed by atoms with Crippen LogP contribution in [-0.4, -0.2) is 0 Å². The fourth-order valence-electron chi connectivity index (χ4n) is 5.23. The summed E-state index contributed by atoms with van der Waals surface area (Å²) in [7, 11) is 0. The van der Waals surface area contributed by atoms with E-state index in [0.717, 1.165) is 35.5 Å². The molecule has 0 amide bonds. The maximum Gasteiger partial charge on any atom is -0.0363 e. The minimum Gasteiger partial charge on any atom is -0.0651 e. The lowest BCUT2D eigenvalue weighted by Crippen LogP contribution is -2.20. The number of hydrogen-bond donors (Lipinski definition) is 0. The van der Waals surface area contributed by atoms with Crippen molar-refractivity contribution in [2.45, 2.75) is 79.1 Å². The first-order valence-corrected chi connectivity index (χ1v) is 8.65. The molecule has 0 heterocycles. The molecular weight excluding hydrogens is 216 g/mol. The van der Waals surface area contributed by atoms with Gasteiger partial charge in [0, 0.05) is 0 Å². The van der Waals surface area contributed by atoms with Gasteiger partial charge in [-0.25, -0.2) is 0 Å². The van der Waals surface area contributed by atoms with Crippen LogP contribution in [0.4, 0.5) is 0 Å². The van der Waals surface area contributed by atoms with E-state index in [1.165, 1.54) is 51.4 Å². The Kier molecular flexibility index (Phi) is 5.15. The van der Waals surface area contributed by atoms with E-state index in [0.29, 0.717) is 0 Å². The molecule has 2 aliphatic carbocycles. The minimum absolute atomic E-state index is 0.975. The van der Waals surface area contributed by atoms with Crippen LogP contribution in [-0.2, 0) is 0 Å². The third-order valence-corrected chi connectivity index (χ3v) is 6.32. The van der Waals surface area contributed by atoms with Gasteiger partial charge in [-0.15, -0.1) is 0 Å². The van der Waals surface area contributed by atoms with Crippen molar-refractivity contribution in [3.63, 3.8) is 0 Å². The van der Waals surface area contributed by atoms with Crippen molar-refractivity contribution in [2.75, 3.05) is 0 Å². The first kappa shape index (κ1) is 14.4. The maximum atomic E-state index is 2.55. The Morgan fingerprint density at radius 1 is 0.778 bits per heavy atom. The zero-order chi connectivity index (χ0) is 13.1. The van der Waals surface area contributed by atoms with Gasteiger partial charge in [0.05, 0.1) is 0 Å². The normalized spacial score (nSPS) is 46.0. The van der Waals surface area contributed by atoms with Crippen LogP contribution in [0.3, 0.4) is 0 Å². The minimum atomic E-state index is 0.975. The number of hydrogen-bond acceptors (Lipinski definition) is 0. The van der Waals surface area contributed by atoms with Gasteiger partial charge in [-0.2, -0.15) is 0 Å². The van der Waals surface area contributed by atoms with E-state index < -0.39 is 0 Å². The monoisotopic (exact) mass is 250 g/mol. The zero-order valence-corrected chi connectivity index (χ0v) is 13.1. The Balaban J connectivity index is 1.99. The van der Waals surface area contributed by atoms with Crippen LogP contribution in [0.1, 0.15) is 79.1 Å². The van der Waals surface area contributed by atoms with Crippen molar-refractivity contribution in [1.29, 1.82) is 0 Å². The van der Waals surface area contributed by atoms with Gasteiger partial charge in [0.1, 0.15) is 0 Å². The summed E-state index contributed by atoms with van der Waals surface area (Å²) in [6.45, 7) is 9.84. The van der Waals surface area contributed by atoms with Gasteiger partial charge in [0.25, 0.3) is 0 Å². The van der Waals surface area contributed by atoms with E-state index in [1.54, 1.807) is 0 Å². The third-order valence-electron chi connectivity index (χ3n) is 6.32. The Bertz CT molecular complexity index is 244. The van der Waals surface area contributed by atoms with Crippen molar-refractivity contribution in [3.05, 3.63) is 0 Å². The molecule has 0 aliphatic heterocycles. The molecule has 2 rings (SSSR count). The van der Waals surface area contributed by atoms with Crippen molar-refractivity contribution in [1.82, 2.24) is 0 Å². The molecule has 6 atom stereocenters. The van der Waals surface area contributed by atoms with Crippen LogP contribution in [0.25, 0.3) is 0 Å². The molecule has 0 aromatic carbocycles. The van der Waals surface area contributed by atoms with Gasteiger partial charge in [0.2, 0.25) is 0 Å². The van der Waals surface area contributed by atoms with Gasteiger partial charge in [0.15, 0.2) is 0 Å². The lowest BCUT2D eigenvalue weighted by atomic mass is 9.77. The SMILES string of the molecule is CCC1CCC(C2CCC(C)C2)CC(C)C1CC. The van der Waals surface area contributed by atoms with Crippen molar-refractivity contribution >= 4 is 0 Å². The summed E-state index contributed by atoms with van der Waals surface area (Å²) in [5, 5.41) is 0. The molecule has 2 fully saturated rings. The van der Waals surface area contributed by atoms with E-state index in [9.17, 15) is 0 Å². The summed E-state index contributed by atoms with van der Waals surface area (Å²) in [5.41, 5.74) is 0. The van der Waals surface area contributed by atoms with Crippen molar-refractivity contribution in [2.24, 2.45) is 35.5 Å². The fourth-order valence-corrected chi connectivity index (χ4v) is 5.23. The number of rotatable bonds is 3. The molecule has 0 aromatic rings. The quantitative estimate of drug-likeness (QED) is 0.546. The van der Waals surface area contributed by atoms with E-state index in [-0.39, 0.29) is 0 Å². The van der Waals surface area contributed by atoms with E-state index >= 15 is 0 Å². The van der Waals surface area contributed by atoms with Crippen molar-refractivity contribution < 1.29 is 0 Å². The van der Waals surface area contributed by atoms with Gasteiger partial charge in [-0.3, -0.25) is 0 Å². The highest BCUT2D eigenvalue weighted by Gasteiger charge is 2.35. The van der Waals surface area contributed by atoms with Crippen LogP contribution in [0.15, 0.2) is 0 Å². The lowest BCUT2D eigenvalue weighted by molar-refractivity contribution is 0.214. The first-order valence-electron chi connectivity index (χ1n) is 8.65. The van der Waals surface area contributed by atoms with Crippen LogP contribution < -0.4 is 0 Å². The molecule has 0 spiro atoms. The summed E-state index contributed by atoms with van der Waals surface area (Å²) in [5.74, 6) is 6.17. The molecule has 0 heteroatoms. The topological polar surface area (TPSA) is 0 Å². The molecule has 0 aromatic heterocycles. The summed E-state index contributed by atoms with van der Waals surface area (Å²) < 4.78 is 0. The Morgan fingerprint density at radius 3 is 2.00 bits per heavy atom. The largest absolute Gasteiger partial charge is 0.0651 e. The lowest BCUT2D eigenvalue weighted by Gasteiger charge is -2.28. The summed E-state index contributed by atoms with van der Waals surface area (Å²) in [6.07, 6.45) is 12.0. The standard InChI is InChI=1S/C18H34/c1-5-15-9-10-17(12-14(4)18(15)6-2)16-8-7-13(3)11-16/h13-18H,5-12H2,1-4H3. The average molecular weight is 250 g/mol. The van der Waals surface area contributed by atoms with E-state index in [1.807, 2.05) is 0 Å². The summed E-state index contributed by atoms with van der Waals surface area (Å²) >= 11 is 0. The molecule has 2 saturated carbocycles. The molecule has 18 heavy (non-hydrogen) atoms. The summed E-state index contributed by atoms with van der Waals surface area (Å²) in [6, 6.07) is 0. The molecule has 0 saturated heterocycles. The maximum absolute atomic E-state index is 2.55. The zero-order valence-electron chi connectivity index (χ0n) is 13.1. The van der Waals surface area contributed by atoms with E-state index in [2.05, 4.69) is 27.7 Å². The molecule has 0 bridgehead atoms. The summed E-state index contributed by atoms with van der Waals surface area (Å²) in [4.78, 5) is 0. The fraction of sp³-hybridized carbons (Fsp3) is 1.00. The smallest absolute Gasteiger partial charge is 0.0363 e. The second kappa shape index (κ2) is 6.44. The predicted molar refractivity (Wildman–Crippen MR) is 80.6 cm³/mol. The second-order valence-electron chi connectivity index (χ2n) is 7.47. The highest BCUT2D eigenvalue weighted by Crippen LogP contribution is 2.46. The second-order valence-corrected chi connectivity index (χ2v) is 7.47. The van der Waals surface area contributed by atoms with Gasteiger partial charge in [-0.05, 0) is 67.6 Å².